The number of benzene rings is 1. The minimum atomic E-state index is 0.317. The first-order valence-corrected chi connectivity index (χ1v) is 11.0. The van der Waals surface area contributed by atoms with Gasteiger partial charge in [0, 0.05) is 18.8 Å². The molecule has 0 radical (unpaired) electrons. The van der Waals surface area contributed by atoms with E-state index < -0.39 is 0 Å². The van der Waals surface area contributed by atoms with Crippen LogP contribution < -0.4 is 10.2 Å². The molecule has 3 rings (SSSR count). The number of carbonyl (C=O) groups excluding carboxylic acids is 1. The van der Waals surface area contributed by atoms with Crippen LogP contribution in [0.15, 0.2) is 18.2 Å². The van der Waals surface area contributed by atoms with Crippen molar-refractivity contribution in [1.29, 1.82) is 0 Å². The van der Waals surface area contributed by atoms with Gasteiger partial charge in [0.15, 0.2) is 11.7 Å². The molecule has 2 N–H and O–H groups in total. The number of piperazine rings is 1. The lowest BCUT2D eigenvalue weighted by Gasteiger charge is -2.37. The van der Waals surface area contributed by atoms with Crippen LogP contribution >= 0.6 is 12.2 Å². The number of piperidine rings is 1. The smallest absolute Gasteiger partial charge is 0.277 e. The van der Waals surface area contributed by atoms with Crippen molar-refractivity contribution < 1.29 is 9.69 Å². The van der Waals surface area contributed by atoms with Gasteiger partial charge in [0.25, 0.3) is 5.91 Å². The Hall–Kier alpha value is -1.66. The highest BCUT2D eigenvalue weighted by molar-refractivity contribution is 7.80. The number of hydrogen-bond acceptors (Lipinski definition) is 2. The van der Waals surface area contributed by atoms with Crippen LogP contribution in [0.4, 0.5) is 5.69 Å². The molecule has 1 aromatic carbocycles. The number of anilines is 1. The number of thiocarbonyl (C=S) groups is 1. The molecule has 1 aromatic rings. The van der Waals surface area contributed by atoms with Gasteiger partial charge in [-0.25, -0.2) is 0 Å². The van der Waals surface area contributed by atoms with E-state index in [0.717, 1.165) is 50.1 Å². The first-order valence-electron chi connectivity index (χ1n) is 10.6. The summed E-state index contributed by atoms with van der Waals surface area (Å²) >= 11 is 5.62. The number of carbonyl (C=O) groups is 1. The van der Waals surface area contributed by atoms with Gasteiger partial charge in [-0.1, -0.05) is 19.9 Å². The normalized spacial score (nSPS) is 23.6. The van der Waals surface area contributed by atoms with Crippen molar-refractivity contribution in [2.45, 2.75) is 34.1 Å². The summed E-state index contributed by atoms with van der Waals surface area (Å²) in [7, 11) is 0. The van der Waals surface area contributed by atoms with E-state index in [4.69, 9.17) is 12.2 Å². The van der Waals surface area contributed by atoms with Crippen molar-refractivity contribution in [2.75, 3.05) is 51.1 Å². The number of hydrogen-bond donors (Lipinski definition) is 2. The number of quaternary nitrogens is 1. The minimum absolute atomic E-state index is 0.317. The van der Waals surface area contributed by atoms with E-state index in [0.29, 0.717) is 24.3 Å². The Bertz CT molecular complexity index is 704. The van der Waals surface area contributed by atoms with Crippen molar-refractivity contribution in [1.82, 2.24) is 9.80 Å². The molecule has 154 valence electrons. The van der Waals surface area contributed by atoms with Gasteiger partial charge in [0.05, 0.1) is 26.2 Å². The molecule has 2 heterocycles. The number of nitrogens with zero attached hydrogens (tertiary/aromatic N) is 2. The first kappa shape index (κ1) is 21.1. The molecule has 0 aromatic heterocycles. The number of rotatable bonds is 3. The summed E-state index contributed by atoms with van der Waals surface area (Å²) in [6.07, 6.45) is 1.24. The Labute approximate surface area is 175 Å². The molecule has 0 aliphatic carbocycles. The van der Waals surface area contributed by atoms with Crippen LogP contribution in [0.1, 0.15) is 31.4 Å². The largest absolute Gasteiger partial charge is 0.338 e. The van der Waals surface area contributed by atoms with Gasteiger partial charge in [-0.15, -0.1) is 0 Å². The number of aryl methyl sites for hydroxylation is 2. The van der Waals surface area contributed by atoms with E-state index in [1.54, 1.807) is 0 Å². The summed E-state index contributed by atoms with van der Waals surface area (Å²) in [4.78, 5) is 18.4. The highest BCUT2D eigenvalue weighted by atomic mass is 32.1. The quantitative estimate of drug-likeness (QED) is 0.754. The molecule has 0 unspecified atom stereocenters. The lowest BCUT2D eigenvalue weighted by atomic mass is 9.92. The number of likely N-dealkylation sites (tertiary alicyclic amines) is 1. The Morgan fingerprint density at radius 1 is 1.11 bits per heavy atom. The van der Waals surface area contributed by atoms with Gasteiger partial charge in [-0.05, 0) is 67.6 Å². The van der Waals surface area contributed by atoms with Crippen LogP contribution in [0, 0.1) is 25.7 Å². The van der Waals surface area contributed by atoms with Crippen molar-refractivity contribution in [2.24, 2.45) is 11.8 Å². The monoisotopic (exact) mass is 403 g/mol. The van der Waals surface area contributed by atoms with Crippen molar-refractivity contribution in [3.8, 4) is 0 Å². The number of amides is 1. The van der Waals surface area contributed by atoms with E-state index in [9.17, 15) is 4.79 Å². The van der Waals surface area contributed by atoms with Gasteiger partial charge in [-0.3, -0.25) is 4.79 Å². The summed E-state index contributed by atoms with van der Waals surface area (Å²) in [5.41, 5.74) is 3.60. The van der Waals surface area contributed by atoms with Crippen molar-refractivity contribution in [3.05, 3.63) is 29.3 Å². The molecule has 28 heavy (non-hydrogen) atoms. The van der Waals surface area contributed by atoms with Gasteiger partial charge in [-0.2, -0.15) is 0 Å². The zero-order valence-corrected chi connectivity index (χ0v) is 18.6. The summed E-state index contributed by atoms with van der Waals surface area (Å²) in [6, 6.07) is 6.34. The van der Waals surface area contributed by atoms with E-state index in [-0.39, 0.29) is 0 Å². The van der Waals surface area contributed by atoms with E-state index in [1.165, 1.54) is 22.4 Å². The molecule has 1 amide bonds. The fraction of sp³-hybridized carbons (Fsp3) is 0.636. The molecule has 2 saturated heterocycles. The lowest BCUT2D eigenvalue weighted by molar-refractivity contribution is -0.896. The highest BCUT2D eigenvalue weighted by Crippen LogP contribution is 2.20. The molecule has 2 aliphatic heterocycles. The first-order chi connectivity index (χ1) is 13.3. The standard InChI is InChI=1S/C22H34N4OS/c1-16-11-17(2)14-26(13-16)21(27)15-24-7-9-25(10-8-24)22(28)23-20-6-5-18(3)19(4)12-20/h5-6,12,16-17H,7-11,13-15H2,1-4H3,(H,23,28)/p+1/t16-,17+. The maximum absolute atomic E-state index is 12.7. The molecule has 2 aliphatic rings. The summed E-state index contributed by atoms with van der Waals surface area (Å²) < 4.78 is 0. The van der Waals surface area contributed by atoms with Crippen molar-refractivity contribution >= 4 is 28.9 Å². The second kappa shape index (κ2) is 9.23. The van der Waals surface area contributed by atoms with E-state index in [1.807, 2.05) is 0 Å². The highest BCUT2D eigenvalue weighted by Gasteiger charge is 2.29. The SMILES string of the molecule is Cc1ccc(NC(=S)N2CC[NH+](CC(=O)N3C[C@H](C)C[C@H](C)C3)CC2)cc1C. The molecular weight excluding hydrogens is 368 g/mol. The molecule has 0 saturated carbocycles. The molecule has 5 nitrogen and oxygen atoms in total. The predicted octanol–water partition coefficient (Wildman–Crippen LogP) is 1.71. The van der Waals surface area contributed by atoms with E-state index >= 15 is 0 Å². The Balaban J connectivity index is 1.45. The second-order valence-corrected chi connectivity index (χ2v) is 9.27. The summed E-state index contributed by atoms with van der Waals surface area (Å²) in [5, 5.41) is 4.15. The Morgan fingerprint density at radius 2 is 1.75 bits per heavy atom. The third-order valence-electron chi connectivity index (χ3n) is 6.14. The molecule has 2 fully saturated rings. The molecule has 0 bridgehead atoms. The second-order valence-electron chi connectivity index (χ2n) is 8.89. The fourth-order valence-corrected chi connectivity index (χ4v) is 4.72. The number of nitrogens with one attached hydrogen (secondary N) is 2. The maximum Gasteiger partial charge on any atom is 0.277 e. The summed E-state index contributed by atoms with van der Waals surface area (Å²) in [6.45, 7) is 14.9. The third kappa shape index (κ3) is 5.45. The third-order valence-corrected chi connectivity index (χ3v) is 6.50. The van der Waals surface area contributed by atoms with E-state index in [2.05, 4.69) is 61.0 Å². The van der Waals surface area contributed by atoms with Crippen LogP contribution in [0.2, 0.25) is 0 Å². The van der Waals surface area contributed by atoms with Crippen LogP contribution in [0.3, 0.4) is 0 Å². The lowest BCUT2D eigenvalue weighted by Crippen LogP contribution is -3.15. The van der Waals surface area contributed by atoms with Gasteiger partial charge >= 0.3 is 0 Å². The fourth-order valence-electron chi connectivity index (χ4n) is 4.42. The molecule has 0 spiro atoms. The van der Waals surface area contributed by atoms with Gasteiger partial charge in [0.1, 0.15) is 0 Å². The summed E-state index contributed by atoms with van der Waals surface area (Å²) in [5.74, 6) is 1.56. The predicted molar refractivity (Wildman–Crippen MR) is 119 cm³/mol. The Morgan fingerprint density at radius 3 is 2.36 bits per heavy atom. The Kier molecular flexibility index (Phi) is 6.94. The minimum Gasteiger partial charge on any atom is -0.338 e. The zero-order chi connectivity index (χ0) is 20.3. The molecule has 2 atom stereocenters. The molecule has 6 heteroatoms. The zero-order valence-electron chi connectivity index (χ0n) is 17.8. The van der Waals surface area contributed by atoms with Gasteiger partial charge < -0.3 is 20.0 Å². The van der Waals surface area contributed by atoms with Crippen LogP contribution in [0.5, 0.6) is 0 Å². The van der Waals surface area contributed by atoms with Crippen LogP contribution in [0.25, 0.3) is 0 Å². The topological polar surface area (TPSA) is 40.0 Å². The van der Waals surface area contributed by atoms with Gasteiger partial charge in [0.2, 0.25) is 0 Å². The van der Waals surface area contributed by atoms with Crippen LogP contribution in [-0.4, -0.2) is 66.6 Å². The average Bonchev–Trinajstić information content (AvgIpc) is 2.64. The molecular formula is C22H35N4OS+. The average molecular weight is 404 g/mol. The van der Waals surface area contributed by atoms with Crippen LogP contribution in [-0.2, 0) is 4.79 Å². The van der Waals surface area contributed by atoms with Crippen molar-refractivity contribution in [3.63, 3.8) is 0 Å². The maximum atomic E-state index is 12.7.